The van der Waals surface area contributed by atoms with E-state index in [0.717, 1.165) is 5.56 Å². The molecule has 0 bridgehead atoms. The average Bonchev–Trinajstić information content (AvgIpc) is 3.02. The first kappa shape index (κ1) is 15.8. The van der Waals surface area contributed by atoms with Crippen LogP contribution >= 0.6 is 23.2 Å². The topological polar surface area (TPSA) is 48.2 Å². The van der Waals surface area contributed by atoms with Crippen LogP contribution in [0.3, 0.4) is 0 Å². The van der Waals surface area contributed by atoms with Crippen molar-refractivity contribution < 1.29 is 9.15 Å². The number of nitrogens with zero attached hydrogens (tertiary/aromatic N) is 2. The van der Waals surface area contributed by atoms with E-state index in [1.54, 1.807) is 18.2 Å². The lowest BCUT2D eigenvalue weighted by molar-refractivity contribution is 0.190. The summed E-state index contributed by atoms with van der Waals surface area (Å²) in [6.07, 6.45) is -0.447. The summed E-state index contributed by atoms with van der Waals surface area (Å²) in [7, 11) is 0. The number of rotatable bonds is 4. The first-order valence-corrected chi connectivity index (χ1v) is 7.80. The summed E-state index contributed by atoms with van der Waals surface area (Å²) in [6.45, 7) is 3.83. The second-order valence-corrected chi connectivity index (χ2v) is 5.99. The minimum absolute atomic E-state index is 0.372. The van der Waals surface area contributed by atoms with Crippen LogP contribution in [0.4, 0.5) is 0 Å². The lowest BCUT2D eigenvalue weighted by Crippen LogP contribution is -2.03. The summed E-state index contributed by atoms with van der Waals surface area (Å²) in [4.78, 5) is 0. The van der Waals surface area contributed by atoms with Gasteiger partial charge in [-0.05, 0) is 38.1 Å². The Hall–Kier alpha value is -2.04. The molecule has 1 atom stereocenters. The first-order valence-electron chi connectivity index (χ1n) is 7.05. The van der Waals surface area contributed by atoms with Crippen LogP contribution in [0.2, 0.25) is 10.0 Å². The van der Waals surface area contributed by atoms with Gasteiger partial charge >= 0.3 is 0 Å². The molecule has 0 aliphatic heterocycles. The quantitative estimate of drug-likeness (QED) is 0.625. The van der Waals surface area contributed by atoms with E-state index in [0.29, 0.717) is 27.6 Å². The van der Waals surface area contributed by atoms with Crippen LogP contribution in [0.15, 0.2) is 46.9 Å². The first-order chi connectivity index (χ1) is 11.0. The number of benzene rings is 2. The Morgan fingerprint density at radius 2 is 1.78 bits per heavy atom. The summed E-state index contributed by atoms with van der Waals surface area (Å²) >= 11 is 12.0. The van der Waals surface area contributed by atoms with Gasteiger partial charge in [0.25, 0.3) is 5.89 Å². The Bertz CT molecular complexity index is 816. The highest BCUT2D eigenvalue weighted by Gasteiger charge is 2.18. The smallest absolute Gasteiger partial charge is 0.257 e. The number of aryl methyl sites for hydroxylation is 1. The van der Waals surface area contributed by atoms with E-state index in [9.17, 15) is 0 Å². The van der Waals surface area contributed by atoms with Crippen molar-refractivity contribution in [3.63, 3.8) is 0 Å². The van der Waals surface area contributed by atoms with Gasteiger partial charge in [0.2, 0.25) is 5.89 Å². The van der Waals surface area contributed by atoms with E-state index in [4.69, 9.17) is 32.4 Å². The molecule has 0 fully saturated rings. The van der Waals surface area contributed by atoms with E-state index >= 15 is 0 Å². The molecule has 0 N–H and O–H groups in total. The summed E-state index contributed by atoms with van der Waals surface area (Å²) in [6, 6.07) is 12.9. The van der Waals surface area contributed by atoms with Crippen molar-refractivity contribution >= 4 is 23.2 Å². The normalized spacial score (nSPS) is 12.2. The molecule has 3 rings (SSSR count). The van der Waals surface area contributed by atoms with E-state index < -0.39 is 6.10 Å². The zero-order valence-corrected chi connectivity index (χ0v) is 14.1. The summed E-state index contributed by atoms with van der Waals surface area (Å²) in [5.41, 5.74) is 2.03. The van der Waals surface area contributed by atoms with Crippen LogP contribution in [0.1, 0.15) is 24.5 Å². The second-order valence-electron chi connectivity index (χ2n) is 5.15. The molecular weight excluding hydrogens is 335 g/mol. The number of ether oxygens (including phenoxy) is 1. The van der Waals surface area contributed by atoms with Crippen LogP contribution < -0.4 is 4.74 Å². The van der Waals surface area contributed by atoms with Gasteiger partial charge in [-0.2, -0.15) is 0 Å². The van der Waals surface area contributed by atoms with Crippen molar-refractivity contribution in [3.05, 3.63) is 64.0 Å². The van der Waals surface area contributed by atoms with Crippen molar-refractivity contribution in [1.82, 2.24) is 10.2 Å². The Labute approximate surface area is 144 Å². The van der Waals surface area contributed by atoms with Crippen molar-refractivity contribution in [2.24, 2.45) is 0 Å². The highest BCUT2D eigenvalue weighted by atomic mass is 35.5. The van der Waals surface area contributed by atoms with Crippen molar-refractivity contribution in [2.45, 2.75) is 20.0 Å². The molecule has 0 radical (unpaired) electrons. The SMILES string of the molecule is Cc1ccc(-c2nnc([C@H](C)Oc3cc(Cl)ccc3Cl)o2)cc1. The lowest BCUT2D eigenvalue weighted by atomic mass is 10.1. The molecule has 6 heteroatoms. The fourth-order valence-electron chi connectivity index (χ4n) is 2.02. The number of aromatic nitrogens is 2. The monoisotopic (exact) mass is 348 g/mol. The van der Waals surface area contributed by atoms with Crippen LogP contribution in [-0.2, 0) is 0 Å². The molecule has 23 heavy (non-hydrogen) atoms. The van der Waals surface area contributed by atoms with Crippen molar-refractivity contribution in [2.75, 3.05) is 0 Å². The third-order valence-corrected chi connectivity index (χ3v) is 3.83. The van der Waals surface area contributed by atoms with Gasteiger partial charge in [-0.15, -0.1) is 10.2 Å². The van der Waals surface area contributed by atoms with Crippen LogP contribution in [0.25, 0.3) is 11.5 Å². The molecule has 3 aromatic rings. The molecule has 0 unspecified atom stereocenters. The molecule has 1 heterocycles. The standard InChI is InChI=1S/C17H14Cl2N2O2/c1-10-3-5-12(6-4-10)17-21-20-16(23-17)11(2)22-15-9-13(18)7-8-14(15)19/h3-9,11H,1-2H3/t11-/m0/s1. The molecule has 0 saturated carbocycles. The molecule has 0 aliphatic carbocycles. The van der Waals surface area contributed by atoms with Crippen molar-refractivity contribution in [3.8, 4) is 17.2 Å². The molecule has 2 aromatic carbocycles. The highest BCUT2D eigenvalue weighted by Crippen LogP contribution is 2.31. The van der Waals surface area contributed by atoms with E-state index in [1.165, 1.54) is 5.56 Å². The van der Waals surface area contributed by atoms with Gasteiger partial charge in [-0.25, -0.2) is 0 Å². The van der Waals surface area contributed by atoms with E-state index in [-0.39, 0.29) is 0 Å². The Balaban J connectivity index is 1.79. The van der Waals surface area contributed by atoms with Gasteiger partial charge < -0.3 is 9.15 Å². The molecule has 1 aromatic heterocycles. The maximum atomic E-state index is 6.09. The fraction of sp³-hybridized carbons (Fsp3) is 0.176. The van der Waals surface area contributed by atoms with Gasteiger partial charge in [-0.1, -0.05) is 40.9 Å². The summed E-state index contributed by atoms with van der Waals surface area (Å²) in [5.74, 6) is 1.30. The molecule has 0 saturated heterocycles. The lowest BCUT2D eigenvalue weighted by Gasteiger charge is -2.12. The van der Waals surface area contributed by atoms with Gasteiger partial charge in [0.05, 0.1) is 5.02 Å². The van der Waals surface area contributed by atoms with Crippen LogP contribution in [-0.4, -0.2) is 10.2 Å². The average molecular weight is 349 g/mol. The maximum Gasteiger partial charge on any atom is 0.257 e. The highest BCUT2D eigenvalue weighted by molar-refractivity contribution is 6.34. The number of hydrogen-bond acceptors (Lipinski definition) is 4. The van der Waals surface area contributed by atoms with Crippen LogP contribution in [0.5, 0.6) is 5.75 Å². The summed E-state index contributed by atoms with van der Waals surface area (Å²) in [5, 5.41) is 9.12. The Morgan fingerprint density at radius 1 is 1.04 bits per heavy atom. The van der Waals surface area contributed by atoms with Gasteiger partial charge in [-0.3, -0.25) is 0 Å². The van der Waals surface area contributed by atoms with E-state index in [1.807, 2.05) is 38.1 Å². The third kappa shape index (κ3) is 3.66. The fourth-order valence-corrected chi connectivity index (χ4v) is 2.34. The van der Waals surface area contributed by atoms with Crippen molar-refractivity contribution in [1.29, 1.82) is 0 Å². The minimum Gasteiger partial charge on any atom is -0.479 e. The molecule has 0 spiro atoms. The maximum absolute atomic E-state index is 6.09. The van der Waals surface area contributed by atoms with Gasteiger partial charge in [0.15, 0.2) is 6.10 Å². The molecule has 118 valence electrons. The molecular formula is C17H14Cl2N2O2. The number of hydrogen-bond donors (Lipinski definition) is 0. The third-order valence-electron chi connectivity index (χ3n) is 3.28. The predicted octanol–water partition coefficient (Wildman–Crippen LogP) is 5.49. The minimum atomic E-state index is -0.447. The number of halogens is 2. The largest absolute Gasteiger partial charge is 0.479 e. The second kappa shape index (κ2) is 6.60. The van der Waals surface area contributed by atoms with E-state index in [2.05, 4.69) is 10.2 Å². The zero-order valence-electron chi connectivity index (χ0n) is 12.6. The van der Waals surface area contributed by atoms with Gasteiger partial charge in [0, 0.05) is 16.7 Å². The van der Waals surface area contributed by atoms with Gasteiger partial charge in [0.1, 0.15) is 5.75 Å². The molecule has 4 nitrogen and oxygen atoms in total. The molecule has 0 aliphatic rings. The molecule has 0 amide bonds. The zero-order chi connectivity index (χ0) is 16.4. The van der Waals surface area contributed by atoms with Crippen LogP contribution in [0, 0.1) is 6.92 Å². The Morgan fingerprint density at radius 3 is 2.52 bits per heavy atom. The Kier molecular flexibility index (Phi) is 4.55. The predicted molar refractivity (Wildman–Crippen MR) is 90.0 cm³/mol. The summed E-state index contributed by atoms with van der Waals surface area (Å²) < 4.78 is 11.5.